The molecule has 1 N–H and O–H groups in total. The van der Waals surface area contributed by atoms with E-state index in [1.165, 1.54) is 11.1 Å². The van der Waals surface area contributed by atoms with Crippen molar-refractivity contribution in [3.05, 3.63) is 59.7 Å². The van der Waals surface area contributed by atoms with Crippen molar-refractivity contribution < 1.29 is 4.74 Å². The second-order valence-corrected chi connectivity index (χ2v) is 6.72. The molecule has 124 valence electrons. The first-order valence-corrected chi connectivity index (χ1v) is 8.20. The van der Waals surface area contributed by atoms with Gasteiger partial charge in [-0.3, -0.25) is 4.90 Å². The van der Waals surface area contributed by atoms with Crippen molar-refractivity contribution in [1.82, 2.24) is 4.90 Å². The van der Waals surface area contributed by atoms with Crippen molar-refractivity contribution in [2.45, 2.75) is 20.0 Å². The highest BCUT2D eigenvalue weighted by Gasteiger charge is 2.38. The highest BCUT2D eigenvalue weighted by atomic mass is 16.5. The summed E-state index contributed by atoms with van der Waals surface area (Å²) in [6.07, 6.45) is 0. The first-order valence-electron chi connectivity index (χ1n) is 8.20. The van der Waals surface area contributed by atoms with Gasteiger partial charge < -0.3 is 10.1 Å². The quantitative estimate of drug-likeness (QED) is 0.882. The van der Waals surface area contributed by atoms with E-state index in [1.54, 1.807) is 7.11 Å². The molecule has 0 spiro atoms. The number of nitriles is 1. The molecule has 0 bridgehead atoms. The molecule has 0 saturated carbocycles. The van der Waals surface area contributed by atoms with Gasteiger partial charge in [0.1, 0.15) is 5.75 Å². The third-order valence-corrected chi connectivity index (χ3v) is 4.43. The topological polar surface area (TPSA) is 48.3 Å². The first kappa shape index (κ1) is 16.4. The summed E-state index contributed by atoms with van der Waals surface area (Å²) >= 11 is 0. The predicted molar refractivity (Wildman–Crippen MR) is 95.8 cm³/mol. The van der Waals surface area contributed by atoms with Crippen LogP contribution in [0, 0.1) is 16.7 Å². The minimum absolute atomic E-state index is 0.153. The van der Waals surface area contributed by atoms with Crippen LogP contribution in [0.25, 0.3) is 0 Å². The highest BCUT2D eigenvalue weighted by Crippen LogP contribution is 2.30. The molecule has 2 aromatic rings. The molecule has 0 aliphatic carbocycles. The van der Waals surface area contributed by atoms with Crippen LogP contribution in [0.3, 0.4) is 0 Å². The highest BCUT2D eigenvalue weighted by molar-refractivity contribution is 5.45. The Hall–Kier alpha value is -2.51. The lowest BCUT2D eigenvalue weighted by Gasteiger charge is -2.43. The smallest absolute Gasteiger partial charge is 0.118 e. The van der Waals surface area contributed by atoms with Crippen molar-refractivity contribution >= 4 is 5.69 Å². The number of hydrogen-bond acceptors (Lipinski definition) is 4. The van der Waals surface area contributed by atoms with E-state index in [0.717, 1.165) is 37.6 Å². The maximum Gasteiger partial charge on any atom is 0.118 e. The first-order chi connectivity index (χ1) is 11.6. The summed E-state index contributed by atoms with van der Waals surface area (Å²) in [7, 11) is 1.68. The fourth-order valence-corrected chi connectivity index (χ4v) is 3.06. The third kappa shape index (κ3) is 3.87. The van der Waals surface area contributed by atoms with Gasteiger partial charge in [-0.25, -0.2) is 0 Å². The van der Waals surface area contributed by atoms with Gasteiger partial charge in [-0.15, -0.1) is 0 Å². The van der Waals surface area contributed by atoms with Crippen LogP contribution in [0.5, 0.6) is 5.75 Å². The number of methoxy groups -OCH3 is 1. The number of likely N-dealkylation sites (tertiary alicyclic amines) is 1. The summed E-state index contributed by atoms with van der Waals surface area (Å²) in [5.74, 6) is 0.876. The summed E-state index contributed by atoms with van der Waals surface area (Å²) in [5.41, 5.74) is 3.46. The summed E-state index contributed by atoms with van der Waals surface area (Å²) < 4.78 is 5.17. The molecule has 4 heteroatoms. The van der Waals surface area contributed by atoms with E-state index in [-0.39, 0.29) is 5.41 Å². The summed E-state index contributed by atoms with van der Waals surface area (Å²) in [6, 6.07) is 19.0. The minimum atomic E-state index is -0.153. The zero-order valence-electron chi connectivity index (χ0n) is 14.2. The Morgan fingerprint density at radius 2 is 1.71 bits per heavy atom. The summed E-state index contributed by atoms with van der Waals surface area (Å²) in [6.45, 7) is 5.45. The molecule has 1 fully saturated rings. The van der Waals surface area contributed by atoms with Crippen LogP contribution in [0.2, 0.25) is 0 Å². The number of benzene rings is 2. The molecule has 3 rings (SSSR count). The summed E-state index contributed by atoms with van der Waals surface area (Å²) in [4.78, 5) is 2.31. The standard InChI is InChI=1S/C20H23N3O/c1-20(13-21)14-23(15-20)12-17-3-7-18(8-4-17)22-11-16-5-9-19(24-2)10-6-16/h3-10,22H,11-12,14-15H2,1-2H3. The normalized spacial score (nSPS) is 16.0. The van der Waals surface area contributed by atoms with Crippen LogP contribution in [-0.4, -0.2) is 25.1 Å². The average Bonchev–Trinajstić information content (AvgIpc) is 2.60. The molecule has 1 heterocycles. The van der Waals surface area contributed by atoms with E-state index in [2.05, 4.69) is 52.7 Å². The molecular weight excluding hydrogens is 298 g/mol. The van der Waals surface area contributed by atoms with E-state index in [0.29, 0.717) is 0 Å². The summed E-state index contributed by atoms with van der Waals surface area (Å²) in [5, 5.41) is 12.5. The van der Waals surface area contributed by atoms with Gasteiger partial charge in [0.2, 0.25) is 0 Å². The zero-order chi connectivity index (χ0) is 17.0. The van der Waals surface area contributed by atoms with E-state index in [4.69, 9.17) is 10.00 Å². The predicted octanol–water partition coefficient (Wildman–Crippen LogP) is 3.65. The van der Waals surface area contributed by atoms with E-state index in [1.807, 2.05) is 19.1 Å². The van der Waals surface area contributed by atoms with Gasteiger partial charge in [-0.05, 0) is 42.3 Å². The van der Waals surface area contributed by atoms with Gasteiger partial charge in [0.05, 0.1) is 18.6 Å². The zero-order valence-corrected chi connectivity index (χ0v) is 14.2. The number of hydrogen-bond donors (Lipinski definition) is 1. The van der Waals surface area contributed by atoms with Crippen LogP contribution in [-0.2, 0) is 13.1 Å². The molecule has 2 aromatic carbocycles. The fraction of sp³-hybridized carbons (Fsp3) is 0.350. The molecule has 0 aromatic heterocycles. The SMILES string of the molecule is COc1ccc(CNc2ccc(CN3CC(C)(C#N)C3)cc2)cc1. The van der Waals surface area contributed by atoms with Gasteiger partial charge in [0, 0.05) is 31.9 Å². The van der Waals surface area contributed by atoms with Gasteiger partial charge in [0.15, 0.2) is 0 Å². The number of anilines is 1. The molecule has 1 saturated heterocycles. The Labute approximate surface area is 143 Å². The molecule has 1 aliphatic heterocycles. The molecule has 0 atom stereocenters. The Kier molecular flexibility index (Phi) is 4.73. The van der Waals surface area contributed by atoms with Crippen LogP contribution in [0.4, 0.5) is 5.69 Å². The molecule has 0 radical (unpaired) electrons. The van der Waals surface area contributed by atoms with E-state index >= 15 is 0 Å². The van der Waals surface area contributed by atoms with E-state index in [9.17, 15) is 0 Å². The van der Waals surface area contributed by atoms with Gasteiger partial charge in [-0.1, -0.05) is 24.3 Å². The van der Waals surface area contributed by atoms with Crippen molar-refractivity contribution in [2.24, 2.45) is 5.41 Å². The monoisotopic (exact) mass is 321 g/mol. The largest absolute Gasteiger partial charge is 0.497 e. The number of rotatable bonds is 6. The fourth-order valence-electron chi connectivity index (χ4n) is 3.06. The molecule has 24 heavy (non-hydrogen) atoms. The molecule has 0 unspecified atom stereocenters. The van der Waals surface area contributed by atoms with Gasteiger partial charge in [-0.2, -0.15) is 5.26 Å². The van der Waals surface area contributed by atoms with Crippen LogP contribution < -0.4 is 10.1 Å². The van der Waals surface area contributed by atoms with E-state index < -0.39 is 0 Å². The minimum Gasteiger partial charge on any atom is -0.497 e. The molecule has 0 amide bonds. The van der Waals surface area contributed by atoms with Crippen molar-refractivity contribution in [2.75, 3.05) is 25.5 Å². The lowest BCUT2D eigenvalue weighted by Crippen LogP contribution is -2.53. The molecule has 1 aliphatic rings. The van der Waals surface area contributed by atoms with Crippen LogP contribution in [0.15, 0.2) is 48.5 Å². The van der Waals surface area contributed by atoms with Crippen molar-refractivity contribution in [1.29, 1.82) is 5.26 Å². The number of nitrogens with zero attached hydrogens (tertiary/aromatic N) is 2. The average molecular weight is 321 g/mol. The number of ether oxygens (including phenoxy) is 1. The lowest BCUT2D eigenvalue weighted by atomic mass is 9.83. The Bertz CT molecular complexity index is 710. The van der Waals surface area contributed by atoms with Gasteiger partial charge >= 0.3 is 0 Å². The van der Waals surface area contributed by atoms with Crippen molar-refractivity contribution in [3.63, 3.8) is 0 Å². The molecular formula is C20H23N3O. The van der Waals surface area contributed by atoms with Crippen LogP contribution in [0.1, 0.15) is 18.1 Å². The molecule has 4 nitrogen and oxygen atoms in total. The van der Waals surface area contributed by atoms with Crippen molar-refractivity contribution in [3.8, 4) is 11.8 Å². The maximum absolute atomic E-state index is 9.06. The second kappa shape index (κ2) is 6.94. The Morgan fingerprint density at radius 3 is 2.29 bits per heavy atom. The third-order valence-electron chi connectivity index (χ3n) is 4.43. The maximum atomic E-state index is 9.06. The Morgan fingerprint density at radius 1 is 1.08 bits per heavy atom. The number of nitrogens with one attached hydrogen (secondary N) is 1. The second-order valence-electron chi connectivity index (χ2n) is 6.72. The van der Waals surface area contributed by atoms with Crippen LogP contribution >= 0.6 is 0 Å². The lowest BCUT2D eigenvalue weighted by molar-refractivity contribution is 0.0530. The van der Waals surface area contributed by atoms with Gasteiger partial charge in [0.25, 0.3) is 0 Å². The Balaban J connectivity index is 1.49.